The molecule has 1 aliphatic rings. The van der Waals surface area contributed by atoms with Crippen LogP contribution in [0.3, 0.4) is 0 Å². The molecule has 0 saturated carbocycles. The summed E-state index contributed by atoms with van der Waals surface area (Å²) in [4.78, 5) is 35.7. The van der Waals surface area contributed by atoms with Gasteiger partial charge in [-0.3, -0.25) is 4.79 Å². The van der Waals surface area contributed by atoms with Gasteiger partial charge in [0.2, 0.25) is 0 Å². The van der Waals surface area contributed by atoms with Crippen molar-refractivity contribution in [1.82, 2.24) is 15.3 Å². The van der Waals surface area contributed by atoms with E-state index in [0.717, 1.165) is 25.9 Å². The number of aromatic nitrogens is 2. The monoisotopic (exact) mass is 400 g/mol. The van der Waals surface area contributed by atoms with E-state index in [1.807, 2.05) is 0 Å². The van der Waals surface area contributed by atoms with Gasteiger partial charge in [0.25, 0.3) is 5.91 Å². The maximum atomic E-state index is 13.4. The number of hydrogen-bond donors (Lipinski definition) is 1. The summed E-state index contributed by atoms with van der Waals surface area (Å²) in [6.07, 6.45) is 4.68. The summed E-state index contributed by atoms with van der Waals surface area (Å²) >= 11 is 0. The molecule has 1 N–H and O–H groups in total. The molecule has 8 heteroatoms. The third-order valence-electron chi connectivity index (χ3n) is 4.88. The first kappa shape index (κ1) is 20.7. The zero-order valence-electron chi connectivity index (χ0n) is 16.9. The number of carbonyl (C=O) groups excluding carboxylic acids is 2. The van der Waals surface area contributed by atoms with Crippen LogP contribution in [0.25, 0.3) is 11.3 Å². The van der Waals surface area contributed by atoms with Crippen LogP contribution in [0.1, 0.15) is 43.6 Å². The highest BCUT2D eigenvalue weighted by molar-refractivity contribution is 5.97. The number of ether oxygens (including phenoxy) is 1. The van der Waals surface area contributed by atoms with E-state index < -0.39 is 17.4 Å². The predicted molar refractivity (Wildman–Crippen MR) is 107 cm³/mol. The number of carbonyl (C=O) groups is 2. The quantitative estimate of drug-likeness (QED) is 0.777. The van der Waals surface area contributed by atoms with Crippen LogP contribution in [-0.2, 0) is 9.53 Å². The maximum absolute atomic E-state index is 13.4. The third kappa shape index (κ3) is 4.70. The fraction of sp³-hybridized carbons (Fsp3) is 0.429. The normalized spacial score (nSPS) is 14.4. The molecule has 1 amide bonds. The van der Waals surface area contributed by atoms with Gasteiger partial charge in [-0.25, -0.2) is 19.2 Å². The maximum Gasteiger partial charge on any atom is 0.330 e. The lowest BCUT2D eigenvalue weighted by Gasteiger charge is -2.29. The van der Waals surface area contributed by atoms with Gasteiger partial charge < -0.3 is 15.0 Å². The fourth-order valence-corrected chi connectivity index (χ4v) is 3.28. The van der Waals surface area contributed by atoms with Gasteiger partial charge in [0, 0.05) is 18.7 Å². The lowest BCUT2D eigenvalue weighted by molar-refractivity contribution is -0.146. The molecular formula is C21H25FN4O3. The summed E-state index contributed by atoms with van der Waals surface area (Å²) < 4.78 is 18.1. The van der Waals surface area contributed by atoms with Crippen molar-refractivity contribution in [1.29, 1.82) is 0 Å². The number of halogens is 1. The van der Waals surface area contributed by atoms with E-state index in [1.165, 1.54) is 31.9 Å². The zero-order chi connectivity index (χ0) is 21.0. The van der Waals surface area contributed by atoms with Gasteiger partial charge in [-0.1, -0.05) is 0 Å². The number of esters is 1. The molecule has 0 radical (unpaired) electrons. The number of amides is 1. The second-order valence-electron chi connectivity index (χ2n) is 7.55. The first-order chi connectivity index (χ1) is 13.8. The molecule has 7 nitrogen and oxygen atoms in total. The molecule has 1 aliphatic heterocycles. The Balaban J connectivity index is 1.97. The molecule has 0 unspecified atom stereocenters. The summed E-state index contributed by atoms with van der Waals surface area (Å²) in [5, 5.41) is 2.62. The Labute approximate surface area is 169 Å². The number of rotatable bonds is 5. The van der Waals surface area contributed by atoms with Gasteiger partial charge in [-0.2, -0.15) is 0 Å². The van der Waals surface area contributed by atoms with E-state index in [9.17, 15) is 14.0 Å². The fourth-order valence-electron chi connectivity index (χ4n) is 3.28. The Morgan fingerprint density at radius 3 is 2.41 bits per heavy atom. The van der Waals surface area contributed by atoms with Crippen LogP contribution in [0.5, 0.6) is 0 Å². The second-order valence-corrected chi connectivity index (χ2v) is 7.55. The minimum atomic E-state index is -1.21. The minimum Gasteiger partial charge on any atom is -0.467 e. The zero-order valence-corrected chi connectivity index (χ0v) is 16.9. The average molecular weight is 400 g/mol. The van der Waals surface area contributed by atoms with Gasteiger partial charge >= 0.3 is 5.97 Å². The molecular weight excluding hydrogens is 375 g/mol. The topological polar surface area (TPSA) is 84.4 Å². The van der Waals surface area contributed by atoms with Crippen LogP contribution in [-0.4, -0.2) is 47.6 Å². The van der Waals surface area contributed by atoms with Crippen molar-refractivity contribution >= 4 is 17.7 Å². The van der Waals surface area contributed by atoms with Crippen LogP contribution in [0.15, 0.2) is 30.5 Å². The molecule has 2 aromatic rings. The third-order valence-corrected chi connectivity index (χ3v) is 4.88. The molecule has 0 spiro atoms. The minimum absolute atomic E-state index is 0.0714. The van der Waals surface area contributed by atoms with E-state index in [4.69, 9.17) is 4.74 Å². The SMILES string of the molecule is COC(=O)C(C)(C)NC(=O)c1cnc(N2CCCCC2)c(-c2ccc(F)cc2)n1. The number of benzene rings is 1. The Morgan fingerprint density at radius 1 is 1.14 bits per heavy atom. The number of methoxy groups -OCH3 is 1. The lowest BCUT2D eigenvalue weighted by atomic mass is 10.1. The first-order valence-electron chi connectivity index (χ1n) is 9.60. The van der Waals surface area contributed by atoms with Gasteiger partial charge in [-0.15, -0.1) is 0 Å². The van der Waals surface area contributed by atoms with E-state index in [0.29, 0.717) is 17.1 Å². The number of hydrogen-bond acceptors (Lipinski definition) is 6. The second kappa shape index (κ2) is 8.55. The average Bonchev–Trinajstić information content (AvgIpc) is 2.73. The molecule has 2 heterocycles. The van der Waals surface area contributed by atoms with Gasteiger partial charge in [-0.05, 0) is 57.4 Å². The molecule has 1 fully saturated rings. The highest BCUT2D eigenvalue weighted by atomic mass is 19.1. The van der Waals surface area contributed by atoms with Crippen molar-refractivity contribution in [3.05, 3.63) is 42.0 Å². The Hall–Kier alpha value is -3.03. The summed E-state index contributed by atoms with van der Waals surface area (Å²) in [7, 11) is 1.26. The van der Waals surface area contributed by atoms with Crippen molar-refractivity contribution in [2.24, 2.45) is 0 Å². The van der Waals surface area contributed by atoms with E-state index >= 15 is 0 Å². The molecule has 1 aromatic heterocycles. The molecule has 0 bridgehead atoms. The molecule has 1 aromatic carbocycles. The summed E-state index contributed by atoms with van der Waals surface area (Å²) in [5.41, 5.74) is 0.0357. The number of piperidine rings is 1. The Kier molecular flexibility index (Phi) is 6.10. The van der Waals surface area contributed by atoms with Crippen molar-refractivity contribution in [2.75, 3.05) is 25.1 Å². The van der Waals surface area contributed by atoms with Crippen LogP contribution < -0.4 is 10.2 Å². The van der Waals surface area contributed by atoms with Crippen LogP contribution in [0.2, 0.25) is 0 Å². The molecule has 0 atom stereocenters. The van der Waals surface area contributed by atoms with E-state index in [-0.39, 0.29) is 11.5 Å². The molecule has 29 heavy (non-hydrogen) atoms. The van der Waals surface area contributed by atoms with Gasteiger partial charge in [0.05, 0.1) is 13.3 Å². The van der Waals surface area contributed by atoms with E-state index in [1.54, 1.807) is 26.0 Å². The lowest BCUT2D eigenvalue weighted by Crippen LogP contribution is -2.50. The van der Waals surface area contributed by atoms with Crippen molar-refractivity contribution in [3.63, 3.8) is 0 Å². The molecule has 3 rings (SSSR count). The molecule has 1 saturated heterocycles. The van der Waals surface area contributed by atoms with Crippen molar-refractivity contribution < 1.29 is 18.7 Å². The van der Waals surface area contributed by atoms with Crippen LogP contribution in [0, 0.1) is 5.82 Å². The Morgan fingerprint density at radius 2 is 1.79 bits per heavy atom. The predicted octanol–water partition coefficient (Wildman–Crippen LogP) is 2.95. The van der Waals surface area contributed by atoms with E-state index in [2.05, 4.69) is 20.2 Å². The molecule has 154 valence electrons. The first-order valence-corrected chi connectivity index (χ1v) is 9.60. The highest BCUT2D eigenvalue weighted by Gasteiger charge is 2.31. The van der Waals surface area contributed by atoms with Crippen LogP contribution in [0.4, 0.5) is 10.2 Å². The number of nitrogens with zero attached hydrogens (tertiary/aromatic N) is 3. The largest absolute Gasteiger partial charge is 0.467 e. The Bertz CT molecular complexity index is 893. The summed E-state index contributed by atoms with van der Waals surface area (Å²) in [6.45, 7) is 4.80. The molecule has 0 aliphatic carbocycles. The van der Waals surface area contributed by atoms with Crippen molar-refractivity contribution in [2.45, 2.75) is 38.6 Å². The summed E-state index contributed by atoms with van der Waals surface area (Å²) in [5.74, 6) is -0.793. The number of anilines is 1. The highest BCUT2D eigenvalue weighted by Crippen LogP contribution is 2.29. The van der Waals surface area contributed by atoms with Gasteiger partial charge in [0.1, 0.15) is 22.7 Å². The van der Waals surface area contributed by atoms with Crippen LogP contribution >= 0.6 is 0 Å². The number of nitrogens with one attached hydrogen (secondary N) is 1. The smallest absolute Gasteiger partial charge is 0.330 e. The van der Waals surface area contributed by atoms with Gasteiger partial charge in [0.15, 0.2) is 5.82 Å². The standard InChI is InChI=1S/C21H25FN4O3/c1-21(2,20(28)29-3)25-19(27)16-13-23-18(26-11-5-4-6-12-26)17(24-16)14-7-9-15(22)10-8-14/h7-10,13H,4-6,11-12H2,1-3H3,(H,25,27). The van der Waals surface area contributed by atoms with Crippen molar-refractivity contribution in [3.8, 4) is 11.3 Å². The summed E-state index contributed by atoms with van der Waals surface area (Å²) in [6, 6.07) is 5.94.